The van der Waals surface area contributed by atoms with E-state index in [9.17, 15) is 19.5 Å². The Morgan fingerprint density at radius 2 is 1.73 bits per heavy atom. The average molecular weight is 726 g/mol. The molecule has 4 heterocycles. The molecule has 1 fully saturated rings. The number of anilines is 1. The molecule has 0 aliphatic carbocycles. The minimum absolute atomic E-state index is 0.118. The van der Waals surface area contributed by atoms with Crippen molar-refractivity contribution in [1.29, 1.82) is 0 Å². The summed E-state index contributed by atoms with van der Waals surface area (Å²) in [6.45, 7) is 5.42. The lowest BCUT2D eigenvalue weighted by Gasteiger charge is -2.37. The molecule has 0 bridgehead atoms. The molecule has 2 amide bonds. The molecule has 1 saturated heterocycles. The second-order valence-electron chi connectivity index (χ2n) is 14.5. The van der Waals surface area contributed by atoms with Crippen molar-refractivity contribution in [2.45, 2.75) is 69.2 Å². The van der Waals surface area contributed by atoms with Crippen LogP contribution in [-0.2, 0) is 39.4 Å². The van der Waals surface area contributed by atoms with Gasteiger partial charge in [-0.1, -0.05) is 43.3 Å². The van der Waals surface area contributed by atoms with Crippen LogP contribution in [0.5, 0.6) is 11.5 Å². The number of halogens is 1. The highest BCUT2D eigenvalue weighted by Gasteiger charge is 2.67. The zero-order valence-electron chi connectivity index (χ0n) is 30.0. The van der Waals surface area contributed by atoms with E-state index in [2.05, 4.69) is 0 Å². The number of fused-ring (bicyclic) bond motifs is 3. The van der Waals surface area contributed by atoms with Gasteiger partial charge in [0.1, 0.15) is 5.75 Å². The molecule has 52 heavy (non-hydrogen) atoms. The molecule has 3 aliphatic heterocycles. The molecule has 1 spiro atoms. The number of hydrogen-bond donors (Lipinski definition) is 1. The van der Waals surface area contributed by atoms with Crippen LogP contribution in [0.3, 0.4) is 0 Å². The Kier molecular flexibility index (Phi) is 9.34. The number of carbonyl (C=O) groups excluding carboxylic acids is 2. The van der Waals surface area contributed by atoms with Crippen LogP contribution in [0, 0.1) is 5.92 Å². The van der Waals surface area contributed by atoms with Gasteiger partial charge in [0.2, 0.25) is 14.3 Å². The number of hydrogen-bond acceptors (Lipinski definition) is 7. The average Bonchev–Trinajstić information content (AvgIpc) is 3.56. The zero-order valence-corrected chi connectivity index (χ0v) is 31.0. The Bertz CT molecular complexity index is 2070. The molecule has 7 rings (SSSR count). The Balaban J connectivity index is 1.21. The standard InChI is InChI=1S/C40H44FN3O7Si/c1-25-37(52(4,5)41)35(21-36(46)43-23-28-10-7-6-9-27(28)19-30(43)24-45)51-40(25)32-20-31(49-2)16-17-33(32)44(39(40)48)22-26-12-14-29(15-13-26)42-18-8-11-34(50-3)38(42)47/h6-18,20,25,30,35,37,45H,19,21-24H2,1-5H3/t25-,30-,35+,37-,40+/m0/s1. The third kappa shape index (κ3) is 5.92. The van der Waals surface area contributed by atoms with Gasteiger partial charge in [-0.15, -0.1) is 0 Å². The Morgan fingerprint density at radius 3 is 2.40 bits per heavy atom. The number of aliphatic hydroxyl groups is 1. The number of rotatable bonds is 9. The summed E-state index contributed by atoms with van der Waals surface area (Å²) in [6, 6.07) is 23.5. The lowest BCUT2D eigenvalue weighted by molar-refractivity contribution is -0.151. The number of aromatic nitrogens is 1. The van der Waals surface area contributed by atoms with Crippen LogP contribution >= 0.6 is 0 Å². The molecule has 3 aliphatic rings. The number of ether oxygens (including phenoxy) is 3. The first kappa shape index (κ1) is 35.6. The van der Waals surface area contributed by atoms with Gasteiger partial charge in [-0.25, -0.2) is 0 Å². The van der Waals surface area contributed by atoms with E-state index in [1.165, 1.54) is 11.7 Å². The predicted molar refractivity (Wildman–Crippen MR) is 197 cm³/mol. The molecule has 10 nitrogen and oxygen atoms in total. The van der Waals surface area contributed by atoms with E-state index in [1.807, 2.05) is 61.5 Å². The highest BCUT2D eigenvalue weighted by Crippen LogP contribution is 2.60. The summed E-state index contributed by atoms with van der Waals surface area (Å²) in [5.74, 6) is -0.408. The van der Waals surface area contributed by atoms with E-state index in [1.54, 1.807) is 60.5 Å². The smallest absolute Gasteiger partial charge is 0.297 e. The lowest BCUT2D eigenvalue weighted by atomic mass is 9.82. The van der Waals surface area contributed by atoms with Crippen molar-refractivity contribution in [3.05, 3.63) is 118 Å². The fourth-order valence-electron chi connectivity index (χ4n) is 8.62. The monoisotopic (exact) mass is 725 g/mol. The first-order valence-corrected chi connectivity index (χ1v) is 20.6. The minimum Gasteiger partial charge on any atom is -0.497 e. The van der Waals surface area contributed by atoms with Crippen LogP contribution in [0.4, 0.5) is 9.80 Å². The minimum atomic E-state index is -3.55. The molecule has 0 saturated carbocycles. The van der Waals surface area contributed by atoms with Crippen LogP contribution in [0.25, 0.3) is 5.69 Å². The van der Waals surface area contributed by atoms with Gasteiger partial charge >= 0.3 is 0 Å². The predicted octanol–water partition coefficient (Wildman–Crippen LogP) is 5.51. The maximum absolute atomic E-state index is 16.5. The Morgan fingerprint density at radius 1 is 1.00 bits per heavy atom. The third-order valence-electron chi connectivity index (χ3n) is 11.1. The fourth-order valence-corrected chi connectivity index (χ4v) is 11.1. The van der Waals surface area contributed by atoms with Crippen molar-refractivity contribution in [1.82, 2.24) is 9.47 Å². The van der Waals surface area contributed by atoms with Crippen molar-refractivity contribution in [2.24, 2.45) is 5.92 Å². The van der Waals surface area contributed by atoms with Gasteiger partial charge in [0.25, 0.3) is 11.5 Å². The molecule has 4 aromatic rings. The van der Waals surface area contributed by atoms with Crippen LogP contribution in [0.1, 0.15) is 35.6 Å². The molecule has 272 valence electrons. The van der Waals surface area contributed by atoms with Gasteiger partial charge in [0.15, 0.2) is 11.4 Å². The van der Waals surface area contributed by atoms with Gasteiger partial charge in [-0.2, -0.15) is 0 Å². The number of pyridine rings is 1. The summed E-state index contributed by atoms with van der Waals surface area (Å²) in [7, 11) is -0.547. The Hall–Kier alpha value is -4.78. The molecule has 1 aromatic heterocycles. The maximum Gasteiger partial charge on any atom is 0.297 e. The van der Waals surface area contributed by atoms with Gasteiger partial charge in [0.05, 0.1) is 51.6 Å². The summed E-state index contributed by atoms with van der Waals surface area (Å²) >= 11 is 0. The molecular weight excluding hydrogens is 682 g/mol. The first-order valence-electron chi connectivity index (χ1n) is 17.6. The zero-order chi connectivity index (χ0) is 36.9. The normalized spacial score (nSPS) is 23.9. The van der Waals surface area contributed by atoms with E-state index in [0.29, 0.717) is 35.7 Å². The van der Waals surface area contributed by atoms with Gasteiger partial charge in [-0.05, 0) is 78.7 Å². The van der Waals surface area contributed by atoms with Crippen LogP contribution < -0.4 is 19.9 Å². The Labute approximate surface area is 303 Å². The van der Waals surface area contributed by atoms with Crippen molar-refractivity contribution in [3.8, 4) is 17.2 Å². The molecule has 12 heteroatoms. The first-order chi connectivity index (χ1) is 24.9. The van der Waals surface area contributed by atoms with Gasteiger partial charge < -0.3 is 33.2 Å². The van der Waals surface area contributed by atoms with E-state index in [4.69, 9.17) is 14.2 Å². The van der Waals surface area contributed by atoms with Crippen LogP contribution in [0.2, 0.25) is 18.6 Å². The fraction of sp³-hybridized carbons (Fsp3) is 0.375. The molecule has 1 N–H and O–H groups in total. The topological polar surface area (TPSA) is 111 Å². The number of aliphatic hydroxyl groups excluding tert-OH is 1. The van der Waals surface area contributed by atoms with Crippen molar-refractivity contribution in [3.63, 3.8) is 0 Å². The quantitative estimate of drug-likeness (QED) is 0.179. The summed E-state index contributed by atoms with van der Waals surface area (Å²) in [4.78, 5) is 45.2. The van der Waals surface area contributed by atoms with E-state index in [0.717, 1.165) is 16.7 Å². The highest BCUT2D eigenvalue weighted by atomic mass is 28.4. The molecule has 3 aromatic carbocycles. The third-order valence-corrected chi connectivity index (χ3v) is 13.6. The SMILES string of the molecule is COc1ccc2c(c1)[C@@]1(O[C@H](CC(=O)N3Cc4ccccc4C[C@H]3CO)[C@@H]([Si](C)(C)F)[C@@H]1C)C(=O)N2Cc1ccc(-n2cccc(OC)c2=O)cc1. The van der Waals surface area contributed by atoms with Crippen LogP contribution in [0.15, 0.2) is 89.9 Å². The number of methoxy groups -OCH3 is 2. The number of amides is 2. The van der Waals surface area contributed by atoms with Crippen molar-refractivity contribution in [2.75, 3.05) is 25.7 Å². The largest absolute Gasteiger partial charge is 0.497 e. The molecule has 0 radical (unpaired) electrons. The van der Waals surface area contributed by atoms with Gasteiger partial charge in [-0.3, -0.25) is 19.0 Å². The second-order valence-corrected chi connectivity index (χ2v) is 18.3. The van der Waals surface area contributed by atoms with Gasteiger partial charge in [0, 0.05) is 35.5 Å². The van der Waals surface area contributed by atoms with E-state index >= 15 is 4.11 Å². The maximum atomic E-state index is 16.5. The number of carbonyl (C=O) groups is 2. The number of benzene rings is 3. The van der Waals surface area contributed by atoms with Crippen molar-refractivity contribution < 1.29 is 33.0 Å². The summed E-state index contributed by atoms with van der Waals surface area (Å²) in [5.41, 5.74) is 2.26. The second kappa shape index (κ2) is 13.6. The van der Waals surface area contributed by atoms with E-state index in [-0.39, 0.29) is 42.7 Å². The molecule has 5 atom stereocenters. The molecular formula is C40H44FN3O7Si. The number of nitrogens with zero attached hydrogens (tertiary/aromatic N) is 3. The van der Waals surface area contributed by atoms with E-state index < -0.39 is 37.6 Å². The summed E-state index contributed by atoms with van der Waals surface area (Å²) in [6.07, 6.45) is 1.20. The summed E-state index contributed by atoms with van der Waals surface area (Å²) in [5, 5.41) is 10.3. The van der Waals surface area contributed by atoms with Crippen LogP contribution in [-0.4, -0.2) is 67.8 Å². The molecule has 0 unspecified atom stereocenters. The summed E-state index contributed by atoms with van der Waals surface area (Å²) < 4.78 is 35.7. The van der Waals surface area contributed by atoms with Crippen molar-refractivity contribution >= 4 is 25.9 Å². The highest BCUT2D eigenvalue weighted by molar-refractivity contribution is 6.72. The lowest BCUT2D eigenvalue weighted by Crippen LogP contribution is -2.48.